The van der Waals surface area contributed by atoms with Crippen LogP contribution in [0.1, 0.15) is 46.5 Å². The highest BCUT2D eigenvalue weighted by Gasteiger charge is 2.32. The minimum absolute atomic E-state index is 0.111. The van der Waals surface area contributed by atoms with Crippen LogP contribution in [0.3, 0.4) is 0 Å². The van der Waals surface area contributed by atoms with Gasteiger partial charge < -0.3 is 42.7 Å². The van der Waals surface area contributed by atoms with Gasteiger partial charge in [-0.1, -0.05) is 13.8 Å². The van der Waals surface area contributed by atoms with Crippen LogP contribution in [0.5, 0.6) is 0 Å². The van der Waals surface area contributed by atoms with Gasteiger partial charge in [0.2, 0.25) is 17.7 Å². The molecule has 184 valence electrons. The summed E-state index contributed by atoms with van der Waals surface area (Å²) in [5, 5.41) is 34.5. The van der Waals surface area contributed by atoms with Crippen molar-refractivity contribution in [2.75, 3.05) is 6.54 Å². The summed E-state index contributed by atoms with van der Waals surface area (Å²) in [5.41, 5.74) is 11.0. The largest absolute Gasteiger partial charge is 0.481 e. The molecular weight excluding hydrogens is 426 g/mol. The van der Waals surface area contributed by atoms with Crippen molar-refractivity contribution >= 4 is 29.7 Å². The molecule has 0 aromatic rings. The van der Waals surface area contributed by atoms with E-state index < -0.39 is 72.3 Å². The molecule has 0 aliphatic rings. The topological polar surface area (TPSA) is 234 Å². The number of rotatable bonds is 15. The van der Waals surface area contributed by atoms with Crippen LogP contribution in [-0.4, -0.2) is 81.8 Å². The normalized spacial score (nSPS) is 15.7. The molecule has 0 saturated carbocycles. The van der Waals surface area contributed by atoms with Crippen LogP contribution in [0.4, 0.5) is 0 Å². The number of unbranched alkanes of at least 4 members (excludes halogenated alkanes) is 1. The summed E-state index contributed by atoms with van der Waals surface area (Å²) in [6.07, 6.45) is -0.920. The van der Waals surface area contributed by atoms with E-state index in [4.69, 9.17) is 21.7 Å². The molecule has 3 amide bonds. The first kappa shape index (κ1) is 29.2. The summed E-state index contributed by atoms with van der Waals surface area (Å²) in [7, 11) is 0. The molecule has 13 heteroatoms. The molecule has 0 spiro atoms. The van der Waals surface area contributed by atoms with Crippen molar-refractivity contribution in [3.8, 4) is 0 Å². The van der Waals surface area contributed by atoms with E-state index in [1.165, 1.54) is 6.92 Å². The Bertz CT molecular complexity index is 670. The first-order valence-electron chi connectivity index (χ1n) is 10.3. The number of aliphatic hydroxyl groups is 1. The maximum Gasteiger partial charge on any atom is 0.326 e. The number of carbonyl (C=O) groups is 5. The van der Waals surface area contributed by atoms with Crippen LogP contribution in [-0.2, 0) is 24.0 Å². The van der Waals surface area contributed by atoms with Gasteiger partial charge in [-0.3, -0.25) is 19.2 Å². The number of aliphatic hydroxyl groups excluding tert-OH is 1. The van der Waals surface area contributed by atoms with Crippen LogP contribution in [0.15, 0.2) is 0 Å². The van der Waals surface area contributed by atoms with Gasteiger partial charge in [0.05, 0.1) is 12.5 Å². The van der Waals surface area contributed by atoms with E-state index in [0.29, 0.717) is 19.4 Å². The molecule has 0 rings (SSSR count). The second-order valence-corrected chi connectivity index (χ2v) is 7.84. The zero-order chi connectivity index (χ0) is 25.0. The van der Waals surface area contributed by atoms with Crippen molar-refractivity contribution in [3.05, 3.63) is 0 Å². The lowest BCUT2D eigenvalue weighted by atomic mass is 10.0. The van der Waals surface area contributed by atoms with E-state index in [1.54, 1.807) is 13.8 Å². The van der Waals surface area contributed by atoms with Gasteiger partial charge in [0.15, 0.2) is 0 Å². The highest BCUT2D eigenvalue weighted by Crippen LogP contribution is 2.07. The molecule has 0 aliphatic heterocycles. The molecule has 0 fully saturated rings. The quantitative estimate of drug-likeness (QED) is 0.119. The Balaban J connectivity index is 5.47. The Morgan fingerprint density at radius 1 is 0.844 bits per heavy atom. The molecule has 13 nitrogen and oxygen atoms in total. The summed E-state index contributed by atoms with van der Waals surface area (Å²) >= 11 is 0. The minimum atomic E-state index is -1.68. The zero-order valence-corrected chi connectivity index (χ0v) is 18.5. The maximum absolute atomic E-state index is 12.8. The number of nitrogens with two attached hydrogens (primary N) is 2. The van der Waals surface area contributed by atoms with Crippen LogP contribution < -0.4 is 27.4 Å². The average Bonchev–Trinajstić information content (AvgIpc) is 2.68. The third-order valence-corrected chi connectivity index (χ3v) is 4.64. The molecule has 0 aromatic heterocycles. The lowest BCUT2D eigenvalue weighted by Crippen LogP contribution is -2.59. The Labute approximate surface area is 186 Å². The van der Waals surface area contributed by atoms with Crippen molar-refractivity contribution < 1.29 is 39.3 Å². The fourth-order valence-electron chi connectivity index (χ4n) is 2.67. The van der Waals surface area contributed by atoms with Gasteiger partial charge in [-0.15, -0.1) is 0 Å². The number of nitrogens with one attached hydrogen (secondary N) is 3. The molecule has 5 atom stereocenters. The molecule has 0 aliphatic carbocycles. The van der Waals surface area contributed by atoms with Crippen LogP contribution in [0.2, 0.25) is 0 Å². The second kappa shape index (κ2) is 14.3. The lowest BCUT2D eigenvalue weighted by Gasteiger charge is -2.27. The molecule has 0 saturated heterocycles. The van der Waals surface area contributed by atoms with Crippen LogP contribution in [0, 0.1) is 5.92 Å². The average molecular weight is 462 g/mol. The number of carboxylic acid groups (broad SMARTS) is 2. The maximum atomic E-state index is 12.8. The Morgan fingerprint density at radius 3 is 1.84 bits per heavy atom. The predicted molar refractivity (Wildman–Crippen MR) is 113 cm³/mol. The van der Waals surface area contributed by atoms with Gasteiger partial charge in [0.1, 0.15) is 24.2 Å². The SMILES string of the molecule is CC(C)C(NC(=O)C(N)C(C)O)C(=O)NC(CCCCN)C(=O)NC(CC(=O)O)C(=O)O. The first-order chi connectivity index (χ1) is 14.8. The van der Waals surface area contributed by atoms with E-state index in [0.717, 1.165) is 0 Å². The number of carbonyl (C=O) groups excluding carboxylic acids is 3. The van der Waals surface area contributed by atoms with Crippen LogP contribution >= 0.6 is 0 Å². The summed E-state index contributed by atoms with van der Waals surface area (Å²) < 4.78 is 0. The van der Waals surface area contributed by atoms with E-state index in [9.17, 15) is 29.1 Å². The second-order valence-electron chi connectivity index (χ2n) is 7.84. The monoisotopic (exact) mass is 461 g/mol. The number of aliphatic carboxylic acids is 2. The van der Waals surface area contributed by atoms with E-state index in [2.05, 4.69) is 16.0 Å². The lowest BCUT2D eigenvalue weighted by molar-refractivity contribution is -0.147. The van der Waals surface area contributed by atoms with Crippen molar-refractivity contribution in [2.24, 2.45) is 17.4 Å². The molecular formula is C19H35N5O8. The molecule has 5 unspecified atom stereocenters. The molecule has 10 N–H and O–H groups in total. The Morgan fingerprint density at radius 2 is 1.41 bits per heavy atom. The van der Waals surface area contributed by atoms with Crippen molar-refractivity contribution in [3.63, 3.8) is 0 Å². The molecule has 0 aromatic carbocycles. The van der Waals surface area contributed by atoms with E-state index >= 15 is 0 Å². The van der Waals surface area contributed by atoms with Crippen LogP contribution in [0.25, 0.3) is 0 Å². The van der Waals surface area contributed by atoms with Crippen molar-refractivity contribution in [1.82, 2.24) is 16.0 Å². The van der Waals surface area contributed by atoms with Gasteiger partial charge in [0, 0.05) is 0 Å². The van der Waals surface area contributed by atoms with Crippen molar-refractivity contribution in [1.29, 1.82) is 0 Å². The number of amides is 3. The molecule has 0 radical (unpaired) electrons. The van der Waals surface area contributed by atoms with Gasteiger partial charge in [-0.05, 0) is 38.6 Å². The van der Waals surface area contributed by atoms with Gasteiger partial charge in [-0.25, -0.2) is 4.79 Å². The van der Waals surface area contributed by atoms with Gasteiger partial charge in [-0.2, -0.15) is 0 Å². The third-order valence-electron chi connectivity index (χ3n) is 4.64. The van der Waals surface area contributed by atoms with E-state index in [-0.39, 0.29) is 6.42 Å². The van der Waals surface area contributed by atoms with Gasteiger partial charge in [0.25, 0.3) is 0 Å². The fourth-order valence-corrected chi connectivity index (χ4v) is 2.67. The predicted octanol–water partition coefficient (Wildman–Crippen LogP) is -2.51. The molecule has 0 heterocycles. The fraction of sp³-hybridized carbons (Fsp3) is 0.737. The summed E-state index contributed by atoms with van der Waals surface area (Å²) in [5.74, 6) is -5.72. The highest BCUT2D eigenvalue weighted by molar-refractivity contribution is 5.94. The minimum Gasteiger partial charge on any atom is -0.481 e. The Kier molecular flexibility index (Phi) is 13.1. The van der Waals surface area contributed by atoms with Gasteiger partial charge >= 0.3 is 11.9 Å². The number of hydrogen-bond acceptors (Lipinski definition) is 8. The summed E-state index contributed by atoms with van der Waals surface area (Å²) in [6, 6.07) is -5.22. The highest BCUT2D eigenvalue weighted by atomic mass is 16.4. The summed E-state index contributed by atoms with van der Waals surface area (Å²) in [6.45, 7) is 4.95. The smallest absolute Gasteiger partial charge is 0.326 e. The Hall–Kier alpha value is -2.77. The van der Waals surface area contributed by atoms with E-state index in [1.807, 2.05) is 0 Å². The molecule has 0 bridgehead atoms. The number of carboxylic acids is 2. The third kappa shape index (κ3) is 10.5. The van der Waals surface area contributed by atoms with Crippen molar-refractivity contribution in [2.45, 2.75) is 76.7 Å². The zero-order valence-electron chi connectivity index (χ0n) is 18.5. The summed E-state index contributed by atoms with van der Waals surface area (Å²) in [4.78, 5) is 59.7. The first-order valence-corrected chi connectivity index (χ1v) is 10.3. The number of hydrogen-bond donors (Lipinski definition) is 8. The standard InChI is InChI=1S/C19H35N5O8/c1-9(2)15(24-17(29)14(21)10(3)25)18(30)22-11(6-4-5-7-20)16(28)23-12(19(31)32)8-13(26)27/h9-12,14-15,25H,4-8,20-21H2,1-3H3,(H,22,30)(H,23,28)(H,24,29)(H,26,27)(H,31,32). The molecule has 32 heavy (non-hydrogen) atoms.